The second kappa shape index (κ2) is 9.27. The van der Waals surface area contributed by atoms with Gasteiger partial charge in [-0.1, -0.05) is 41.0 Å². The van der Waals surface area contributed by atoms with Crippen LogP contribution in [0.2, 0.25) is 0 Å². The quantitative estimate of drug-likeness (QED) is 0.280. The Bertz CT molecular complexity index is 615. The summed E-state index contributed by atoms with van der Waals surface area (Å²) >= 11 is 0. The van der Waals surface area contributed by atoms with Crippen molar-refractivity contribution in [2.45, 2.75) is 97.2 Å². The number of hydrogen-bond donors (Lipinski definition) is 0. The van der Waals surface area contributed by atoms with Crippen LogP contribution in [0, 0.1) is 47.3 Å². The third-order valence-corrected chi connectivity index (χ3v) is 9.05. The molecule has 2 bridgehead atoms. The van der Waals surface area contributed by atoms with Gasteiger partial charge in [0.25, 0.3) is 5.60 Å². The maximum Gasteiger partial charge on any atom is 0.426 e. The fourth-order valence-corrected chi connectivity index (χ4v) is 6.84. The summed E-state index contributed by atoms with van der Waals surface area (Å²) in [4.78, 5) is 0. The van der Waals surface area contributed by atoms with Crippen LogP contribution in [-0.4, -0.2) is 30.9 Å². The van der Waals surface area contributed by atoms with Gasteiger partial charge in [-0.2, -0.15) is 26.3 Å². The van der Waals surface area contributed by atoms with Crippen molar-refractivity contribution < 1.29 is 35.8 Å². The van der Waals surface area contributed by atoms with E-state index in [4.69, 9.17) is 9.47 Å². The van der Waals surface area contributed by atoms with Crippen molar-refractivity contribution in [1.29, 1.82) is 0 Å². The predicted octanol–water partition coefficient (Wildman–Crippen LogP) is 7.62. The van der Waals surface area contributed by atoms with E-state index in [0.717, 1.165) is 12.8 Å². The number of fused-ring (bicyclic) bond motifs is 2. The van der Waals surface area contributed by atoms with E-state index in [1.165, 1.54) is 0 Å². The van der Waals surface area contributed by atoms with Gasteiger partial charge in [-0.3, -0.25) is 0 Å². The highest BCUT2D eigenvalue weighted by atomic mass is 19.4. The Morgan fingerprint density at radius 1 is 0.844 bits per heavy atom. The molecule has 8 heteroatoms. The fourth-order valence-electron chi connectivity index (χ4n) is 6.84. The van der Waals surface area contributed by atoms with Crippen LogP contribution in [0.4, 0.5) is 26.3 Å². The Kier molecular flexibility index (Phi) is 7.57. The highest BCUT2D eigenvalue weighted by Gasteiger charge is 2.73. The van der Waals surface area contributed by atoms with Crippen LogP contribution in [0.3, 0.4) is 0 Å². The highest BCUT2D eigenvalue weighted by molar-refractivity contribution is 5.04. The largest absolute Gasteiger partial charge is 0.426 e. The monoisotopic (exact) mass is 472 g/mol. The van der Waals surface area contributed by atoms with Crippen LogP contribution < -0.4 is 0 Å². The Balaban J connectivity index is 1.76. The molecule has 0 radical (unpaired) electrons. The summed E-state index contributed by atoms with van der Waals surface area (Å²) in [6, 6.07) is 0. The minimum Gasteiger partial charge on any atom is -0.352 e. The second-order valence-corrected chi connectivity index (χ2v) is 11.2. The van der Waals surface area contributed by atoms with E-state index in [-0.39, 0.29) is 35.7 Å². The first kappa shape index (κ1) is 26.1. The molecule has 0 saturated heterocycles. The van der Waals surface area contributed by atoms with Gasteiger partial charge in [-0.25, -0.2) is 0 Å². The van der Waals surface area contributed by atoms with Crippen LogP contribution in [0.1, 0.15) is 73.1 Å². The summed E-state index contributed by atoms with van der Waals surface area (Å²) in [5, 5.41) is 0. The van der Waals surface area contributed by atoms with Gasteiger partial charge in [0.15, 0.2) is 0 Å². The van der Waals surface area contributed by atoms with Crippen molar-refractivity contribution >= 4 is 0 Å². The van der Waals surface area contributed by atoms with Crippen LogP contribution in [0.25, 0.3) is 0 Å². The molecule has 8 atom stereocenters. The Morgan fingerprint density at radius 2 is 1.47 bits per heavy atom. The summed E-state index contributed by atoms with van der Waals surface area (Å²) in [5.41, 5.74) is -4.19. The van der Waals surface area contributed by atoms with Gasteiger partial charge in [0.05, 0.1) is 6.10 Å². The molecular formula is C24H38F6O2. The predicted molar refractivity (Wildman–Crippen MR) is 110 cm³/mol. The number of alkyl halides is 6. The number of ether oxygens (including phenoxy) is 2. The van der Waals surface area contributed by atoms with Gasteiger partial charge < -0.3 is 9.47 Å². The molecule has 0 aromatic heterocycles. The molecule has 3 aliphatic rings. The van der Waals surface area contributed by atoms with Crippen LogP contribution >= 0.6 is 0 Å². The Labute approximate surface area is 187 Å². The normalized spacial score (nSPS) is 38.6. The van der Waals surface area contributed by atoms with E-state index in [1.54, 1.807) is 0 Å². The van der Waals surface area contributed by atoms with E-state index in [2.05, 4.69) is 0 Å². The average molecular weight is 473 g/mol. The summed E-state index contributed by atoms with van der Waals surface area (Å²) in [6.07, 6.45) is -9.01. The van der Waals surface area contributed by atoms with E-state index in [9.17, 15) is 26.3 Å². The average Bonchev–Trinajstić information content (AvgIpc) is 3.18. The first-order chi connectivity index (χ1) is 14.7. The molecule has 3 rings (SSSR count). The lowest BCUT2D eigenvalue weighted by atomic mass is 9.71. The molecule has 0 amide bonds. The standard InChI is InChI=1S/C24H38F6O2/c1-13(2)19-7-6-14(3)8-21(19)31-12-32-22(23(25,26)27,24(28,29)30)11-18-9-17-10-20(18)16(5)15(17)4/h13-21H,6-12H2,1-5H3. The maximum absolute atomic E-state index is 14.1. The van der Waals surface area contributed by atoms with Crippen LogP contribution in [0.15, 0.2) is 0 Å². The van der Waals surface area contributed by atoms with Gasteiger partial charge >= 0.3 is 12.4 Å². The zero-order valence-corrected chi connectivity index (χ0v) is 19.7. The summed E-state index contributed by atoms with van der Waals surface area (Å²) in [6.45, 7) is 9.04. The molecule has 3 aliphatic carbocycles. The fraction of sp³-hybridized carbons (Fsp3) is 1.00. The van der Waals surface area contributed by atoms with Gasteiger partial charge in [-0.05, 0) is 79.4 Å². The van der Waals surface area contributed by atoms with Crippen molar-refractivity contribution in [1.82, 2.24) is 0 Å². The lowest BCUT2D eigenvalue weighted by Gasteiger charge is -2.42. The first-order valence-electron chi connectivity index (χ1n) is 12.1. The molecule has 3 fully saturated rings. The van der Waals surface area contributed by atoms with Gasteiger partial charge in [-0.15, -0.1) is 0 Å². The SMILES string of the molecule is CC1CCC(C(C)C)C(OCOC(CC2CC3CC2C(C)C3C)(C(F)(F)F)C(F)(F)F)C1. The van der Waals surface area contributed by atoms with Gasteiger partial charge in [0.1, 0.15) is 6.79 Å². The molecule has 0 aliphatic heterocycles. The number of halogens is 6. The molecule has 0 spiro atoms. The summed E-state index contributed by atoms with van der Waals surface area (Å²) in [7, 11) is 0. The highest BCUT2D eigenvalue weighted by Crippen LogP contribution is 2.60. The molecular weight excluding hydrogens is 434 g/mol. The maximum atomic E-state index is 14.1. The van der Waals surface area contributed by atoms with Gasteiger partial charge in [0.2, 0.25) is 0 Å². The third kappa shape index (κ3) is 4.82. The Morgan fingerprint density at radius 3 is 1.97 bits per heavy atom. The van der Waals surface area contributed by atoms with Gasteiger partial charge in [0, 0.05) is 0 Å². The van der Waals surface area contributed by atoms with Crippen molar-refractivity contribution in [3.63, 3.8) is 0 Å². The summed E-state index contributed by atoms with van der Waals surface area (Å²) < 4.78 is 94.8. The first-order valence-corrected chi connectivity index (χ1v) is 12.1. The topological polar surface area (TPSA) is 18.5 Å². The molecule has 3 saturated carbocycles. The van der Waals surface area contributed by atoms with E-state index in [1.807, 2.05) is 34.6 Å². The van der Waals surface area contributed by atoms with Crippen molar-refractivity contribution in [2.75, 3.05) is 6.79 Å². The molecule has 188 valence electrons. The van der Waals surface area contributed by atoms with E-state index in [0.29, 0.717) is 31.1 Å². The Hall–Kier alpha value is -0.500. The molecule has 8 unspecified atom stereocenters. The third-order valence-electron chi connectivity index (χ3n) is 9.05. The van der Waals surface area contributed by atoms with Crippen molar-refractivity contribution in [3.8, 4) is 0 Å². The minimum atomic E-state index is -5.57. The zero-order valence-electron chi connectivity index (χ0n) is 19.7. The van der Waals surface area contributed by atoms with E-state index >= 15 is 0 Å². The number of hydrogen-bond acceptors (Lipinski definition) is 2. The van der Waals surface area contributed by atoms with Crippen LogP contribution in [0.5, 0.6) is 0 Å². The summed E-state index contributed by atoms with van der Waals surface area (Å²) in [5.74, 6) is 0.570. The van der Waals surface area contributed by atoms with Crippen molar-refractivity contribution in [2.24, 2.45) is 47.3 Å². The lowest BCUT2D eigenvalue weighted by Crippen LogP contribution is -2.60. The van der Waals surface area contributed by atoms with Crippen LogP contribution in [-0.2, 0) is 9.47 Å². The minimum absolute atomic E-state index is 0.105. The molecule has 32 heavy (non-hydrogen) atoms. The molecule has 0 aromatic rings. The zero-order chi connectivity index (χ0) is 24.1. The van der Waals surface area contributed by atoms with E-state index < -0.39 is 37.1 Å². The molecule has 0 N–H and O–H groups in total. The molecule has 2 nitrogen and oxygen atoms in total. The van der Waals surface area contributed by atoms with Crippen molar-refractivity contribution in [3.05, 3.63) is 0 Å². The number of rotatable bonds is 7. The smallest absolute Gasteiger partial charge is 0.352 e. The molecule has 0 heterocycles. The molecule has 0 aromatic carbocycles. The second-order valence-electron chi connectivity index (χ2n) is 11.2. The lowest BCUT2D eigenvalue weighted by molar-refractivity contribution is -0.401.